The van der Waals surface area contributed by atoms with Crippen molar-refractivity contribution in [2.24, 2.45) is 0 Å². The number of aryl methyl sites for hydroxylation is 2. The SMILES string of the molecule is Cc1cccc(C)c1B1c2cccc3c2N2c4c1cccc4N(C)C2C3. The van der Waals surface area contributed by atoms with E-state index in [4.69, 9.17) is 0 Å². The van der Waals surface area contributed by atoms with Gasteiger partial charge in [0.1, 0.15) is 6.17 Å². The summed E-state index contributed by atoms with van der Waals surface area (Å²) in [4.78, 5) is 5.08. The van der Waals surface area contributed by atoms with Crippen LogP contribution in [0.1, 0.15) is 16.7 Å². The maximum absolute atomic E-state index is 2.61. The summed E-state index contributed by atoms with van der Waals surface area (Å²) in [6.45, 7) is 4.84. The van der Waals surface area contributed by atoms with Gasteiger partial charge in [-0.05, 0) is 36.4 Å². The molecule has 0 radical (unpaired) electrons. The average Bonchev–Trinajstić information content (AvgIpc) is 3.15. The first-order valence-corrected chi connectivity index (χ1v) is 9.49. The molecule has 3 aromatic carbocycles. The second-order valence-corrected chi connectivity index (χ2v) is 7.97. The summed E-state index contributed by atoms with van der Waals surface area (Å²) in [5.74, 6) is 0. The van der Waals surface area contributed by atoms with Crippen LogP contribution in [0, 0.1) is 13.8 Å². The first-order valence-electron chi connectivity index (χ1n) is 9.49. The molecule has 2 nitrogen and oxygen atoms in total. The summed E-state index contributed by atoms with van der Waals surface area (Å²) < 4.78 is 0. The number of hydrogen-bond acceptors (Lipinski definition) is 2. The van der Waals surface area contributed by atoms with Crippen LogP contribution in [0.15, 0.2) is 54.6 Å². The van der Waals surface area contributed by atoms with Gasteiger partial charge in [0.15, 0.2) is 0 Å². The fraction of sp³-hybridized carbons (Fsp3) is 0.217. The molecule has 0 saturated carbocycles. The predicted molar refractivity (Wildman–Crippen MR) is 111 cm³/mol. The largest absolute Gasteiger partial charge is 0.352 e. The van der Waals surface area contributed by atoms with Crippen molar-refractivity contribution in [3.8, 4) is 0 Å². The number of hydrogen-bond donors (Lipinski definition) is 0. The van der Waals surface area contributed by atoms with Gasteiger partial charge in [0.05, 0.1) is 11.4 Å². The van der Waals surface area contributed by atoms with E-state index in [0.29, 0.717) is 12.9 Å². The van der Waals surface area contributed by atoms with E-state index in [-0.39, 0.29) is 0 Å². The Morgan fingerprint density at radius 3 is 2.27 bits per heavy atom. The quantitative estimate of drug-likeness (QED) is 0.631. The molecule has 3 heteroatoms. The number of para-hydroxylation sites is 2. The Kier molecular flexibility index (Phi) is 2.64. The van der Waals surface area contributed by atoms with Gasteiger partial charge in [-0.2, -0.15) is 0 Å². The zero-order valence-electron chi connectivity index (χ0n) is 15.5. The van der Waals surface area contributed by atoms with Crippen molar-refractivity contribution in [1.82, 2.24) is 0 Å². The topological polar surface area (TPSA) is 6.48 Å². The molecule has 26 heavy (non-hydrogen) atoms. The molecule has 0 spiro atoms. The number of rotatable bonds is 1. The van der Waals surface area contributed by atoms with Crippen molar-refractivity contribution in [3.05, 3.63) is 71.3 Å². The lowest BCUT2D eigenvalue weighted by atomic mass is 9.34. The molecule has 6 rings (SSSR count). The summed E-state index contributed by atoms with van der Waals surface area (Å²) in [5, 5.41) is 0. The van der Waals surface area contributed by atoms with Crippen LogP contribution in [0.25, 0.3) is 0 Å². The maximum atomic E-state index is 2.61. The second kappa shape index (κ2) is 4.73. The first-order chi connectivity index (χ1) is 12.7. The molecule has 0 saturated heterocycles. The zero-order chi connectivity index (χ0) is 17.6. The minimum atomic E-state index is 0.322. The summed E-state index contributed by atoms with van der Waals surface area (Å²) in [6, 6.07) is 20.5. The smallest absolute Gasteiger partial charge is 0.247 e. The number of nitrogens with zero attached hydrogens (tertiary/aromatic N) is 2. The standard InChI is InChI=1S/C23H21BN2/c1-14-7-4-8-15(2)21(14)24-17-10-5-9-16-13-20-25(3)19-12-6-11-18(24)23(19)26(20)22(16)17/h4-12,20H,13H2,1-3H3. The molecule has 0 N–H and O–H groups in total. The minimum Gasteiger partial charge on any atom is -0.352 e. The van der Waals surface area contributed by atoms with E-state index in [0.717, 1.165) is 6.42 Å². The molecule has 0 aromatic heterocycles. The van der Waals surface area contributed by atoms with Gasteiger partial charge in [0, 0.05) is 19.2 Å². The Morgan fingerprint density at radius 2 is 1.50 bits per heavy atom. The molecule has 0 aliphatic carbocycles. The van der Waals surface area contributed by atoms with Crippen LogP contribution in [0.3, 0.4) is 0 Å². The predicted octanol–water partition coefficient (Wildman–Crippen LogP) is 2.60. The molecule has 3 heterocycles. The highest BCUT2D eigenvalue weighted by atomic mass is 15.4. The Morgan fingerprint density at radius 1 is 0.846 bits per heavy atom. The van der Waals surface area contributed by atoms with E-state index in [1.165, 1.54) is 50.1 Å². The monoisotopic (exact) mass is 336 g/mol. The molecule has 1 unspecified atom stereocenters. The normalized spacial score (nSPS) is 18.6. The van der Waals surface area contributed by atoms with Crippen LogP contribution in [0.5, 0.6) is 0 Å². The van der Waals surface area contributed by atoms with Crippen LogP contribution in [-0.4, -0.2) is 19.9 Å². The fourth-order valence-electron chi connectivity index (χ4n) is 5.56. The lowest BCUT2D eigenvalue weighted by Crippen LogP contribution is -2.58. The molecule has 0 bridgehead atoms. The number of likely N-dealkylation sites (N-methyl/N-ethyl adjacent to an activating group) is 1. The Labute approximate surface area is 155 Å². The van der Waals surface area contributed by atoms with Crippen LogP contribution in [-0.2, 0) is 6.42 Å². The van der Waals surface area contributed by atoms with Gasteiger partial charge in [-0.15, -0.1) is 0 Å². The van der Waals surface area contributed by atoms with Crippen molar-refractivity contribution >= 4 is 40.2 Å². The Hall–Kier alpha value is -2.68. The lowest BCUT2D eigenvalue weighted by Gasteiger charge is -2.34. The first kappa shape index (κ1) is 14.5. The third-order valence-corrected chi connectivity index (χ3v) is 6.66. The van der Waals surface area contributed by atoms with Gasteiger partial charge in [-0.3, -0.25) is 0 Å². The molecule has 3 aliphatic rings. The number of benzene rings is 3. The van der Waals surface area contributed by atoms with E-state index < -0.39 is 0 Å². The van der Waals surface area contributed by atoms with Crippen molar-refractivity contribution < 1.29 is 0 Å². The molecule has 126 valence electrons. The van der Waals surface area contributed by atoms with Gasteiger partial charge >= 0.3 is 0 Å². The second-order valence-electron chi connectivity index (χ2n) is 7.97. The molecule has 0 fully saturated rings. The summed E-state index contributed by atoms with van der Waals surface area (Å²) >= 11 is 0. The van der Waals surface area contributed by atoms with Gasteiger partial charge < -0.3 is 9.80 Å². The van der Waals surface area contributed by atoms with Gasteiger partial charge in [0.25, 0.3) is 0 Å². The van der Waals surface area contributed by atoms with Crippen LogP contribution >= 0.6 is 0 Å². The summed E-state index contributed by atoms with van der Waals surface area (Å²) in [7, 11) is 2.25. The van der Waals surface area contributed by atoms with Crippen LogP contribution < -0.4 is 26.2 Å². The summed E-state index contributed by atoms with van der Waals surface area (Å²) in [5.41, 5.74) is 13.0. The molecular weight excluding hydrogens is 315 g/mol. The van der Waals surface area contributed by atoms with E-state index >= 15 is 0 Å². The van der Waals surface area contributed by atoms with Gasteiger partial charge in [-0.1, -0.05) is 65.1 Å². The molecule has 1 atom stereocenters. The van der Waals surface area contributed by atoms with Crippen LogP contribution in [0.4, 0.5) is 17.1 Å². The highest BCUT2D eigenvalue weighted by Crippen LogP contribution is 2.49. The molecule has 0 amide bonds. The Balaban J connectivity index is 1.75. The van der Waals surface area contributed by atoms with E-state index in [1.807, 2.05) is 0 Å². The van der Waals surface area contributed by atoms with Crippen molar-refractivity contribution in [3.63, 3.8) is 0 Å². The number of anilines is 3. The zero-order valence-corrected chi connectivity index (χ0v) is 15.5. The minimum absolute atomic E-state index is 0.322. The van der Waals surface area contributed by atoms with Crippen molar-refractivity contribution in [2.45, 2.75) is 26.4 Å². The van der Waals surface area contributed by atoms with Crippen molar-refractivity contribution in [2.75, 3.05) is 16.8 Å². The van der Waals surface area contributed by atoms with E-state index in [9.17, 15) is 0 Å². The van der Waals surface area contributed by atoms with E-state index in [1.54, 1.807) is 0 Å². The molecule has 3 aliphatic heterocycles. The van der Waals surface area contributed by atoms with Gasteiger partial charge in [0.2, 0.25) is 6.71 Å². The third-order valence-electron chi connectivity index (χ3n) is 6.66. The average molecular weight is 336 g/mol. The Bertz CT molecular complexity index is 1070. The highest BCUT2D eigenvalue weighted by molar-refractivity contribution is 6.98. The van der Waals surface area contributed by atoms with E-state index in [2.05, 4.69) is 85.3 Å². The fourth-order valence-corrected chi connectivity index (χ4v) is 5.56. The van der Waals surface area contributed by atoms with Gasteiger partial charge in [-0.25, -0.2) is 0 Å². The lowest BCUT2D eigenvalue weighted by molar-refractivity contribution is 0.704. The van der Waals surface area contributed by atoms with Crippen LogP contribution in [0.2, 0.25) is 0 Å². The molecular formula is C23H21BN2. The maximum Gasteiger partial charge on any atom is 0.247 e. The van der Waals surface area contributed by atoms with Crippen molar-refractivity contribution in [1.29, 1.82) is 0 Å². The highest BCUT2D eigenvalue weighted by Gasteiger charge is 2.48. The summed E-state index contributed by atoms with van der Waals surface area (Å²) in [6.07, 6.45) is 1.54. The third kappa shape index (κ3) is 1.55. The molecule has 3 aromatic rings.